The third-order valence-corrected chi connectivity index (χ3v) is 2.46. The van der Waals surface area contributed by atoms with Gasteiger partial charge in [-0.15, -0.1) is 5.10 Å². The summed E-state index contributed by atoms with van der Waals surface area (Å²) in [6.07, 6.45) is 0. The van der Waals surface area contributed by atoms with E-state index < -0.39 is 0 Å². The van der Waals surface area contributed by atoms with Gasteiger partial charge >= 0.3 is 0 Å². The number of halogens is 1. The summed E-state index contributed by atoms with van der Waals surface area (Å²) in [4.78, 5) is 0. The van der Waals surface area contributed by atoms with Crippen LogP contribution in [0.1, 0.15) is 51.8 Å². The van der Waals surface area contributed by atoms with Crippen LogP contribution in [0.4, 0.5) is 0 Å². The second-order valence-corrected chi connectivity index (χ2v) is 5.24. The van der Waals surface area contributed by atoms with E-state index in [2.05, 4.69) is 50.9 Å². The molecular formula is C11H17ClN2. The van der Waals surface area contributed by atoms with Gasteiger partial charge in [0.05, 0.1) is 5.69 Å². The molecule has 0 saturated carbocycles. The predicted molar refractivity (Wildman–Crippen MR) is 59.8 cm³/mol. The van der Waals surface area contributed by atoms with Gasteiger partial charge in [0.2, 0.25) is 0 Å². The zero-order valence-corrected chi connectivity index (χ0v) is 10.2. The van der Waals surface area contributed by atoms with Crippen LogP contribution in [0.3, 0.4) is 0 Å². The first-order valence-electron chi connectivity index (χ1n) is 4.86. The number of aromatic nitrogens is 2. The fourth-order valence-corrected chi connectivity index (χ4v) is 1.47. The number of rotatable bonds is 1. The molecular weight excluding hydrogens is 196 g/mol. The summed E-state index contributed by atoms with van der Waals surface area (Å²) in [5, 5.41) is 8.61. The quantitative estimate of drug-likeness (QED) is 0.712. The summed E-state index contributed by atoms with van der Waals surface area (Å²) in [6, 6.07) is 2.06. The van der Waals surface area contributed by atoms with E-state index in [1.165, 1.54) is 0 Å². The van der Waals surface area contributed by atoms with Gasteiger partial charge in [0.1, 0.15) is 0 Å². The summed E-state index contributed by atoms with van der Waals surface area (Å²) in [5.41, 5.74) is 2.10. The van der Waals surface area contributed by atoms with E-state index in [-0.39, 0.29) is 5.41 Å². The highest BCUT2D eigenvalue weighted by molar-refractivity contribution is 6.30. The summed E-state index contributed by atoms with van der Waals surface area (Å²) >= 11 is 5.97. The van der Waals surface area contributed by atoms with E-state index in [4.69, 9.17) is 11.6 Å². The Morgan fingerprint density at radius 2 is 1.79 bits per heavy atom. The van der Waals surface area contributed by atoms with Crippen molar-refractivity contribution in [3.05, 3.63) is 22.5 Å². The first kappa shape index (κ1) is 11.4. The molecule has 1 rings (SSSR count). The third-order valence-electron chi connectivity index (χ3n) is 2.17. The molecule has 0 saturated heterocycles. The molecule has 0 atom stereocenters. The Kier molecular flexibility index (Phi) is 3.15. The van der Waals surface area contributed by atoms with Crippen molar-refractivity contribution in [1.29, 1.82) is 0 Å². The molecule has 0 aliphatic rings. The molecule has 1 aromatic heterocycles. The van der Waals surface area contributed by atoms with E-state index >= 15 is 0 Å². The van der Waals surface area contributed by atoms with Gasteiger partial charge in [-0.1, -0.05) is 46.2 Å². The van der Waals surface area contributed by atoms with Crippen LogP contribution in [0.2, 0.25) is 5.15 Å². The van der Waals surface area contributed by atoms with E-state index in [1.54, 1.807) is 0 Å². The Hall–Kier alpha value is -0.630. The van der Waals surface area contributed by atoms with Gasteiger partial charge in [-0.2, -0.15) is 5.10 Å². The third kappa shape index (κ3) is 2.44. The van der Waals surface area contributed by atoms with Gasteiger partial charge in [-0.05, 0) is 17.5 Å². The molecule has 2 nitrogen and oxygen atoms in total. The van der Waals surface area contributed by atoms with Crippen molar-refractivity contribution in [2.75, 3.05) is 0 Å². The predicted octanol–water partition coefficient (Wildman–Crippen LogP) is 3.55. The monoisotopic (exact) mass is 212 g/mol. The second-order valence-electron chi connectivity index (χ2n) is 4.88. The molecule has 0 aromatic carbocycles. The molecule has 1 aromatic rings. The van der Waals surface area contributed by atoms with Crippen molar-refractivity contribution in [1.82, 2.24) is 10.2 Å². The highest BCUT2D eigenvalue weighted by Gasteiger charge is 2.18. The normalized spacial score (nSPS) is 12.2. The van der Waals surface area contributed by atoms with Crippen LogP contribution in [0.5, 0.6) is 0 Å². The maximum Gasteiger partial charge on any atom is 0.155 e. The molecule has 0 spiro atoms. The molecule has 0 bridgehead atoms. The second kappa shape index (κ2) is 3.85. The van der Waals surface area contributed by atoms with Gasteiger partial charge < -0.3 is 0 Å². The van der Waals surface area contributed by atoms with Crippen molar-refractivity contribution >= 4 is 11.6 Å². The fraction of sp³-hybridized carbons (Fsp3) is 0.636. The first-order chi connectivity index (χ1) is 6.32. The Balaban J connectivity index is 3.20. The van der Waals surface area contributed by atoms with Crippen LogP contribution in [0.25, 0.3) is 0 Å². The number of hydrogen-bond donors (Lipinski definition) is 0. The summed E-state index contributed by atoms with van der Waals surface area (Å²) in [6.45, 7) is 10.6. The molecule has 0 aliphatic heterocycles. The van der Waals surface area contributed by atoms with Crippen molar-refractivity contribution in [2.45, 2.75) is 46.0 Å². The zero-order chi connectivity index (χ0) is 10.9. The van der Waals surface area contributed by atoms with Crippen LogP contribution in [0, 0.1) is 0 Å². The summed E-state index contributed by atoms with van der Waals surface area (Å²) in [7, 11) is 0. The van der Waals surface area contributed by atoms with Crippen LogP contribution >= 0.6 is 11.6 Å². The molecule has 0 aliphatic carbocycles. The smallest absolute Gasteiger partial charge is 0.154 e. The maximum atomic E-state index is 5.97. The average Bonchev–Trinajstić information content (AvgIpc) is 2.02. The minimum atomic E-state index is 0.0290. The average molecular weight is 213 g/mol. The lowest BCUT2D eigenvalue weighted by molar-refractivity contribution is 0.555. The minimum Gasteiger partial charge on any atom is -0.154 e. The van der Waals surface area contributed by atoms with E-state index in [0.29, 0.717) is 11.1 Å². The standard InChI is InChI=1S/C11H17ClN2/c1-7(2)8-6-9(11(3,4)5)13-14-10(8)12/h6-7H,1-5H3. The lowest BCUT2D eigenvalue weighted by Crippen LogP contribution is -2.15. The lowest BCUT2D eigenvalue weighted by atomic mass is 9.90. The summed E-state index contributed by atoms with van der Waals surface area (Å²) < 4.78 is 0. The van der Waals surface area contributed by atoms with Crippen LogP contribution in [-0.2, 0) is 5.41 Å². The van der Waals surface area contributed by atoms with Gasteiger partial charge in [0, 0.05) is 5.41 Å². The topological polar surface area (TPSA) is 25.8 Å². The van der Waals surface area contributed by atoms with E-state index in [0.717, 1.165) is 11.3 Å². The minimum absolute atomic E-state index is 0.0290. The largest absolute Gasteiger partial charge is 0.155 e. The summed E-state index contributed by atoms with van der Waals surface area (Å²) in [5.74, 6) is 0.388. The molecule has 0 unspecified atom stereocenters. The van der Waals surface area contributed by atoms with Gasteiger partial charge in [-0.25, -0.2) is 0 Å². The van der Waals surface area contributed by atoms with Gasteiger partial charge in [-0.3, -0.25) is 0 Å². The molecule has 0 N–H and O–H groups in total. The highest BCUT2D eigenvalue weighted by Crippen LogP contribution is 2.26. The van der Waals surface area contributed by atoms with Crippen LogP contribution in [-0.4, -0.2) is 10.2 Å². The Morgan fingerprint density at radius 1 is 1.21 bits per heavy atom. The lowest BCUT2D eigenvalue weighted by Gasteiger charge is -2.18. The SMILES string of the molecule is CC(C)c1cc(C(C)(C)C)nnc1Cl. The molecule has 14 heavy (non-hydrogen) atoms. The Morgan fingerprint density at radius 3 is 2.21 bits per heavy atom. The van der Waals surface area contributed by atoms with Gasteiger partial charge in [0.15, 0.2) is 5.15 Å². The molecule has 0 radical (unpaired) electrons. The highest BCUT2D eigenvalue weighted by atomic mass is 35.5. The van der Waals surface area contributed by atoms with Gasteiger partial charge in [0.25, 0.3) is 0 Å². The molecule has 0 amide bonds. The van der Waals surface area contributed by atoms with Crippen LogP contribution < -0.4 is 0 Å². The zero-order valence-electron chi connectivity index (χ0n) is 9.43. The molecule has 1 heterocycles. The Labute approximate surface area is 90.7 Å². The fourth-order valence-electron chi connectivity index (χ4n) is 1.16. The first-order valence-corrected chi connectivity index (χ1v) is 5.23. The number of nitrogens with zero attached hydrogens (tertiary/aromatic N) is 2. The van der Waals surface area contributed by atoms with E-state index in [1.807, 2.05) is 0 Å². The molecule has 0 fully saturated rings. The van der Waals surface area contributed by atoms with E-state index in [9.17, 15) is 0 Å². The van der Waals surface area contributed by atoms with Crippen molar-refractivity contribution < 1.29 is 0 Å². The maximum absolute atomic E-state index is 5.97. The molecule has 78 valence electrons. The Bertz CT molecular complexity index is 327. The van der Waals surface area contributed by atoms with Crippen LogP contribution in [0.15, 0.2) is 6.07 Å². The van der Waals surface area contributed by atoms with Crippen molar-refractivity contribution in [2.24, 2.45) is 0 Å². The van der Waals surface area contributed by atoms with Crippen molar-refractivity contribution in [3.63, 3.8) is 0 Å². The molecule has 3 heteroatoms. The van der Waals surface area contributed by atoms with Crippen molar-refractivity contribution in [3.8, 4) is 0 Å². The number of hydrogen-bond acceptors (Lipinski definition) is 2.